The molecule has 1 aliphatic carbocycles. The molecule has 1 aromatic heterocycles. The van der Waals surface area contributed by atoms with Gasteiger partial charge in [0.15, 0.2) is 0 Å². The van der Waals surface area contributed by atoms with Crippen molar-refractivity contribution >= 4 is 17.5 Å². The van der Waals surface area contributed by atoms with Crippen molar-refractivity contribution < 1.29 is 13.7 Å². The summed E-state index contributed by atoms with van der Waals surface area (Å²) in [5.41, 5.74) is 5.59. The molecule has 0 spiro atoms. The molecule has 1 saturated carbocycles. The molecular weight excluding hydrogens is 382 g/mol. The molecule has 0 saturated heterocycles. The predicted molar refractivity (Wildman–Crippen MR) is 105 cm³/mol. The minimum atomic E-state index is -0.563. The molecule has 3 rings (SSSR count). The number of nitrogens with one attached hydrogen (secondary N) is 2. The SMILES string of the molecule is NCC1CCC(CNc2nc(NCc3cc(F)ccc3F)ncc2[N+](=O)[O-])CC1. The van der Waals surface area contributed by atoms with Crippen molar-refractivity contribution in [2.24, 2.45) is 17.6 Å². The van der Waals surface area contributed by atoms with E-state index < -0.39 is 16.6 Å². The number of rotatable bonds is 8. The summed E-state index contributed by atoms with van der Waals surface area (Å²) in [5.74, 6) is 0.0253. The largest absolute Gasteiger partial charge is 0.364 e. The second kappa shape index (κ2) is 9.55. The molecule has 8 nitrogen and oxygen atoms in total. The van der Waals surface area contributed by atoms with Crippen molar-refractivity contribution in [2.45, 2.75) is 32.2 Å². The maximum Gasteiger partial charge on any atom is 0.329 e. The van der Waals surface area contributed by atoms with E-state index in [9.17, 15) is 18.9 Å². The van der Waals surface area contributed by atoms with E-state index in [2.05, 4.69) is 20.6 Å². The van der Waals surface area contributed by atoms with Crippen LogP contribution in [0.15, 0.2) is 24.4 Å². The average molecular weight is 406 g/mol. The first kappa shape index (κ1) is 20.8. The number of hydrogen-bond acceptors (Lipinski definition) is 7. The van der Waals surface area contributed by atoms with Gasteiger partial charge in [0.1, 0.15) is 17.8 Å². The van der Waals surface area contributed by atoms with Crippen LogP contribution in [0.1, 0.15) is 31.2 Å². The highest BCUT2D eigenvalue weighted by molar-refractivity contribution is 5.57. The maximum atomic E-state index is 13.7. The van der Waals surface area contributed by atoms with Crippen LogP contribution in [-0.2, 0) is 6.54 Å². The molecule has 0 unspecified atom stereocenters. The van der Waals surface area contributed by atoms with Crippen LogP contribution in [0.3, 0.4) is 0 Å². The summed E-state index contributed by atoms with van der Waals surface area (Å²) in [6.45, 7) is 1.20. The van der Waals surface area contributed by atoms with Crippen molar-refractivity contribution in [3.05, 3.63) is 51.7 Å². The molecule has 0 atom stereocenters. The lowest BCUT2D eigenvalue weighted by atomic mass is 9.82. The quantitative estimate of drug-likeness (QED) is 0.454. The maximum absolute atomic E-state index is 13.7. The Morgan fingerprint density at radius 3 is 2.59 bits per heavy atom. The first-order valence-electron chi connectivity index (χ1n) is 9.59. The van der Waals surface area contributed by atoms with Crippen LogP contribution in [0.5, 0.6) is 0 Å². The molecule has 0 amide bonds. The number of hydrogen-bond donors (Lipinski definition) is 3. The third-order valence-corrected chi connectivity index (χ3v) is 5.27. The lowest BCUT2D eigenvalue weighted by molar-refractivity contribution is -0.384. The van der Waals surface area contributed by atoms with Crippen molar-refractivity contribution in [1.82, 2.24) is 9.97 Å². The normalized spacial score (nSPS) is 19.0. The molecule has 4 N–H and O–H groups in total. The summed E-state index contributed by atoms with van der Waals surface area (Å²) < 4.78 is 27.0. The molecule has 1 fully saturated rings. The third-order valence-electron chi connectivity index (χ3n) is 5.27. The van der Waals surface area contributed by atoms with Gasteiger partial charge in [-0.25, -0.2) is 13.8 Å². The smallest absolute Gasteiger partial charge is 0.329 e. The molecule has 0 aliphatic heterocycles. The Morgan fingerprint density at radius 2 is 1.90 bits per heavy atom. The molecule has 2 aromatic rings. The minimum absolute atomic E-state index is 0.0516. The molecule has 156 valence electrons. The summed E-state index contributed by atoms with van der Waals surface area (Å²) >= 11 is 0. The van der Waals surface area contributed by atoms with E-state index in [1.165, 1.54) is 0 Å². The molecule has 29 heavy (non-hydrogen) atoms. The fourth-order valence-corrected chi connectivity index (χ4v) is 3.49. The highest BCUT2D eigenvalue weighted by Gasteiger charge is 2.22. The topological polar surface area (TPSA) is 119 Å². The van der Waals surface area contributed by atoms with Gasteiger partial charge >= 0.3 is 5.69 Å². The van der Waals surface area contributed by atoms with E-state index >= 15 is 0 Å². The Bertz CT molecular complexity index is 859. The summed E-state index contributed by atoms with van der Waals surface area (Å²) in [6, 6.07) is 3.14. The van der Waals surface area contributed by atoms with Gasteiger partial charge in [-0.2, -0.15) is 4.98 Å². The summed E-state index contributed by atoms with van der Waals surface area (Å²) in [4.78, 5) is 18.8. The van der Waals surface area contributed by atoms with Crippen LogP contribution in [0, 0.1) is 33.6 Å². The zero-order chi connectivity index (χ0) is 20.8. The third kappa shape index (κ3) is 5.57. The number of aromatic nitrogens is 2. The van der Waals surface area contributed by atoms with E-state index in [1.807, 2.05) is 0 Å². The van der Waals surface area contributed by atoms with Crippen molar-refractivity contribution in [2.75, 3.05) is 23.7 Å². The Hall–Kier alpha value is -2.88. The molecule has 0 radical (unpaired) electrons. The van der Waals surface area contributed by atoms with Crippen molar-refractivity contribution in [3.8, 4) is 0 Å². The zero-order valence-corrected chi connectivity index (χ0v) is 15.9. The van der Waals surface area contributed by atoms with Gasteiger partial charge in [-0.3, -0.25) is 10.1 Å². The average Bonchev–Trinajstić information content (AvgIpc) is 2.73. The first-order valence-corrected chi connectivity index (χ1v) is 9.59. The molecule has 1 heterocycles. The molecule has 1 aliphatic rings. The van der Waals surface area contributed by atoms with Gasteiger partial charge in [0, 0.05) is 18.7 Å². The number of nitrogens with two attached hydrogens (primary N) is 1. The van der Waals surface area contributed by atoms with E-state index in [0.717, 1.165) is 50.1 Å². The predicted octanol–water partition coefficient (Wildman–Crippen LogP) is 3.45. The number of halogens is 2. The molecular formula is C19H24F2N6O2. The van der Waals surface area contributed by atoms with E-state index in [4.69, 9.17) is 5.73 Å². The van der Waals surface area contributed by atoms with Gasteiger partial charge in [0.05, 0.1) is 4.92 Å². The van der Waals surface area contributed by atoms with Gasteiger partial charge in [-0.15, -0.1) is 0 Å². The van der Waals surface area contributed by atoms with Crippen LogP contribution in [0.2, 0.25) is 0 Å². The van der Waals surface area contributed by atoms with E-state index in [1.54, 1.807) is 0 Å². The van der Waals surface area contributed by atoms with Crippen LogP contribution >= 0.6 is 0 Å². The lowest BCUT2D eigenvalue weighted by Crippen LogP contribution is -2.25. The first-order chi connectivity index (χ1) is 14.0. The molecule has 10 heteroatoms. The second-order valence-electron chi connectivity index (χ2n) is 7.28. The number of nitrogens with zero attached hydrogens (tertiary/aromatic N) is 3. The summed E-state index contributed by atoms with van der Waals surface area (Å²) in [7, 11) is 0. The number of benzene rings is 1. The highest BCUT2D eigenvalue weighted by Crippen LogP contribution is 2.29. The van der Waals surface area contributed by atoms with Crippen LogP contribution in [0.4, 0.5) is 26.2 Å². The highest BCUT2D eigenvalue weighted by atomic mass is 19.1. The Kier molecular flexibility index (Phi) is 6.86. The Balaban J connectivity index is 1.66. The Morgan fingerprint density at radius 1 is 1.17 bits per heavy atom. The van der Waals surface area contributed by atoms with Gasteiger partial charge in [-0.05, 0) is 62.3 Å². The molecule has 0 bridgehead atoms. The van der Waals surface area contributed by atoms with Crippen molar-refractivity contribution in [1.29, 1.82) is 0 Å². The van der Waals surface area contributed by atoms with Gasteiger partial charge in [0.2, 0.25) is 11.8 Å². The number of nitro groups is 1. The fraction of sp³-hybridized carbons (Fsp3) is 0.474. The minimum Gasteiger partial charge on any atom is -0.364 e. The fourth-order valence-electron chi connectivity index (χ4n) is 3.49. The van der Waals surface area contributed by atoms with Gasteiger partial charge < -0.3 is 16.4 Å². The van der Waals surface area contributed by atoms with E-state index in [0.29, 0.717) is 24.9 Å². The molecule has 1 aromatic carbocycles. The van der Waals surface area contributed by atoms with Crippen molar-refractivity contribution in [3.63, 3.8) is 0 Å². The van der Waals surface area contributed by atoms with E-state index in [-0.39, 0.29) is 29.6 Å². The standard InChI is InChI=1S/C19H24F2N6O2/c20-15-5-6-16(21)14(7-15)10-24-19-25-11-17(27(28)29)18(26-19)23-9-13-3-1-12(8-22)2-4-13/h5-7,11-13H,1-4,8-10,22H2,(H2,23,24,25,26). The number of anilines is 2. The zero-order valence-electron chi connectivity index (χ0n) is 15.9. The summed E-state index contributed by atoms with van der Waals surface area (Å²) in [5, 5.41) is 17.1. The van der Waals surface area contributed by atoms with Crippen LogP contribution in [0.25, 0.3) is 0 Å². The monoisotopic (exact) mass is 406 g/mol. The van der Waals surface area contributed by atoms with Crippen LogP contribution in [-0.4, -0.2) is 28.0 Å². The lowest BCUT2D eigenvalue weighted by Gasteiger charge is -2.27. The van der Waals surface area contributed by atoms with Gasteiger partial charge in [-0.1, -0.05) is 0 Å². The second-order valence-corrected chi connectivity index (χ2v) is 7.28. The Labute approximate surface area is 167 Å². The van der Waals surface area contributed by atoms with Crippen LogP contribution < -0.4 is 16.4 Å². The van der Waals surface area contributed by atoms with Gasteiger partial charge in [0.25, 0.3) is 0 Å². The summed E-state index contributed by atoms with van der Waals surface area (Å²) in [6.07, 6.45) is 5.24.